The van der Waals surface area contributed by atoms with Crippen molar-refractivity contribution >= 4 is 46.6 Å². The average molecular weight is 745 g/mol. The Labute approximate surface area is 314 Å². The first-order valence-electron chi connectivity index (χ1n) is 18.3. The summed E-state index contributed by atoms with van der Waals surface area (Å²) in [5, 5.41) is 5.65. The number of hydrogen-bond donors (Lipinski definition) is 3. The molecule has 2 saturated heterocycles. The van der Waals surface area contributed by atoms with Gasteiger partial charge in [0, 0.05) is 50.3 Å². The number of carbonyl (C=O) groups excluding carboxylic acids is 4. The van der Waals surface area contributed by atoms with Gasteiger partial charge >= 0.3 is 6.09 Å². The molecule has 54 heavy (non-hydrogen) atoms. The van der Waals surface area contributed by atoms with E-state index in [1.807, 2.05) is 0 Å². The molecule has 2 aromatic carbocycles. The second-order valence-electron chi connectivity index (χ2n) is 13.4. The van der Waals surface area contributed by atoms with Gasteiger partial charge in [-0.25, -0.2) is 9.69 Å². The molecule has 0 radical (unpaired) electrons. The van der Waals surface area contributed by atoms with Crippen LogP contribution in [0.1, 0.15) is 72.2 Å². The Kier molecular flexibility index (Phi) is 12.4. The largest absolute Gasteiger partial charge is 0.493 e. The van der Waals surface area contributed by atoms with Gasteiger partial charge in [0.2, 0.25) is 5.91 Å². The number of piperidine rings is 1. The number of carbonyl (C=O) groups is 4. The average Bonchev–Trinajstić information content (AvgIpc) is 3.51. The molecule has 3 atom stereocenters. The SMILES string of the molecule is C=CCOC(=O)N1c2cc(OCCCC(=O)Nc3cc(C(=O)Nc4ccc(N)cc4)n(C)c3)c(OC)cc2C(=O)N2CCCC[C@H]2C1OC1CCCCO1. The van der Waals surface area contributed by atoms with Crippen molar-refractivity contribution in [1.29, 1.82) is 0 Å². The lowest BCUT2D eigenvalue weighted by Crippen LogP contribution is -2.57. The summed E-state index contributed by atoms with van der Waals surface area (Å²) in [6, 6.07) is 11.1. The Morgan fingerprint density at radius 3 is 2.56 bits per heavy atom. The molecule has 0 aliphatic carbocycles. The molecule has 0 spiro atoms. The third-order valence-electron chi connectivity index (χ3n) is 9.61. The molecule has 6 rings (SSSR count). The van der Waals surface area contributed by atoms with Crippen LogP contribution in [0.4, 0.5) is 27.5 Å². The number of anilines is 4. The van der Waals surface area contributed by atoms with E-state index in [0.717, 1.165) is 25.7 Å². The third kappa shape index (κ3) is 8.80. The molecular formula is C39H48N6O9. The zero-order chi connectivity index (χ0) is 38.2. The molecule has 3 aliphatic rings. The maximum absolute atomic E-state index is 14.2. The fourth-order valence-electron chi connectivity index (χ4n) is 6.95. The number of nitrogens with zero attached hydrogens (tertiary/aromatic N) is 3. The normalized spacial score (nSPS) is 19.5. The number of benzene rings is 2. The van der Waals surface area contributed by atoms with Crippen molar-refractivity contribution in [3.63, 3.8) is 0 Å². The number of aryl methyl sites for hydroxylation is 1. The molecule has 3 aromatic rings. The van der Waals surface area contributed by atoms with Crippen LogP contribution in [0.3, 0.4) is 0 Å². The summed E-state index contributed by atoms with van der Waals surface area (Å²) in [7, 11) is 3.19. The highest BCUT2D eigenvalue weighted by Crippen LogP contribution is 2.42. The van der Waals surface area contributed by atoms with Crippen LogP contribution < -0.4 is 30.7 Å². The predicted molar refractivity (Wildman–Crippen MR) is 202 cm³/mol. The molecule has 0 bridgehead atoms. The Hall–Kier alpha value is -5.54. The lowest BCUT2D eigenvalue weighted by Gasteiger charge is -2.42. The van der Waals surface area contributed by atoms with Crippen molar-refractivity contribution in [2.24, 2.45) is 7.05 Å². The van der Waals surface area contributed by atoms with Crippen LogP contribution in [0.25, 0.3) is 0 Å². The van der Waals surface area contributed by atoms with Crippen molar-refractivity contribution in [2.45, 2.75) is 69.9 Å². The van der Waals surface area contributed by atoms with E-state index >= 15 is 0 Å². The van der Waals surface area contributed by atoms with Crippen LogP contribution in [0.2, 0.25) is 0 Å². The summed E-state index contributed by atoms with van der Waals surface area (Å²) in [5.74, 6) is -0.287. The summed E-state index contributed by atoms with van der Waals surface area (Å²) < 4.78 is 31.5. The van der Waals surface area contributed by atoms with Crippen LogP contribution in [0.5, 0.6) is 11.5 Å². The lowest BCUT2D eigenvalue weighted by atomic mass is 10.00. The van der Waals surface area contributed by atoms with Gasteiger partial charge in [0.1, 0.15) is 12.3 Å². The van der Waals surface area contributed by atoms with Gasteiger partial charge in [-0.05, 0) is 81.3 Å². The number of hydrogen-bond acceptors (Lipinski definition) is 10. The van der Waals surface area contributed by atoms with Crippen molar-refractivity contribution in [2.75, 3.05) is 54.7 Å². The first kappa shape index (κ1) is 38.2. The molecular weight excluding hydrogens is 696 g/mol. The van der Waals surface area contributed by atoms with Gasteiger partial charge in [0.05, 0.1) is 36.7 Å². The van der Waals surface area contributed by atoms with Crippen molar-refractivity contribution in [1.82, 2.24) is 9.47 Å². The Morgan fingerprint density at radius 2 is 1.81 bits per heavy atom. The summed E-state index contributed by atoms with van der Waals surface area (Å²) in [4.78, 5) is 57.0. The topological polar surface area (TPSA) is 176 Å². The first-order valence-corrected chi connectivity index (χ1v) is 18.3. The maximum Gasteiger partial charge on any atom is 0.416 e. The Bertz CT molecular complexity index is 1840. The highest BCUT2D eigenvalue weighted by Gasteiger charge is 2.47. The second kappa shape index (κ2) is 17.5. The molecule has 2 fully saturated rings. The molecule has 0 saturated carbocycles. The van der Waals surface area contributed by atoms with E-state index in [1.54, 1.807) is 65.2 Å². The van der Waals surface area contributed by atoms with E-state index in [-0.39, 0.29) is 54.4 Å². The monoisotopic (exact) mass is 744 g/mol. The number of aromatic nitrogens is 1. The molecule has 1 aromatic heterocycles. The number of nitrogen functional groups attached to an aromatic ring is 1. The van der Waals surface area contributed by atoms with Gasteiger partial charge in [-0.3, -0.25) is 14.4 Å². The molecule has 2 unspecified atom stereocenters. The minimum absolute atomic E-state index is 0.0394. The number of nitrogens with two attached hydrogens (primary N) is 1. The second-order valence-corrected chi connectivity index (χ2v) is 13.4. The third-order valence-corrected chi connectivity index (χ3v) is 9.61. The Morgan fingerprint density at radius 1 is 1.02 bits per heavy atom. The van der Waals surface area contributed by atoms with Crippen LogP contribution in [-0.4, -0.2) is 85.3 Å². The van der Waals surface area contributed by atoms with Gasteiger partial charge < -0.3 is 49.5 Å². The van der Waals surface area contributed by atoms with Gasteiger partial charge in [-0.2, -0.15) is 0 Å². The molecule has 15 heteroatoms. The van der Waals surface area contributed by atoms with Crippen LogP contribution in [0.15, 0.2) is 61.3 Å². The summed E-state index contributed by atoms with van der Waals surface area (Å²) >= 11 is 0. The number of rotatable bonds is 13. The quantitative estimate of drug-likeness (QED) is 0.112. The van der Waals surface area contributed by atoms with E-state index in [9.17, 15) is 19.2 Å². The van der Waals surface area contributed by atoms with Gasteiger partial charge in [0.25, 0.3) is 11.8 Å². The van der Waals surface area contributed by atoms with Gasteiger partial charge in [-0.15, -0.1) is 0 Å². The summed E-state index contributed by atoms with van der Waals surface area (Å²) in [6.45, 7) is 4.81. The zero-order valence-corrected chi connectivity index (χ0v) is 30.7. The van der Waals surface area contributed by atoms with Crippen molar-refractivity contribution in [3.05, 3.63) is 72.6 Å². The van der Waals surface area contributed by atoms with E-state index in [0.29, 0.717) is 60.9 Å². The van der Waals surface area contributed by atoms with E-state index < -0.39 is 24.7 Å². The predicted octanol–water partition coefficient (Wildman–Crippen LogP) is 5.67. The molecule has 4 amide bonds. The summed E-state index contributed by atoms with van der Waals surface area (Å²) in [5.41, 5.74) is 8.25. The first-order chi connectivity index (χ1) is 26.2. The summed E-state index contributed by atoms with van der Waals surface area (Å²) in [6.07, 6.45) is 6.26. The fraction of sp³-hybridized carbons (Fsp3) is 0.436. The zero-order valence-electron chi connectivity index (χ0n) is 30.7. The highest BCUT2D eigenvalue weighted by atomic mass is 16.7. The number of methoxy groups -OCH3 is 1. The number of ether oxygens (including phenoxy) is 5. The van der Waals surface area contributed by atoms with Crippen LogP contribution in [0, 0.1) is 0 Å². The fourth-order valence-corrected chi connectivity index (χ4v) is 6.95. The van der Waals surface area contributed by atoms with Gasteiger partial charge in [0.15, 0.2) is 24.0 Å². The molecule has 3 aliphatic heterocycles. The van der Waals surface area contributed by atoms with Crippen molar-refractivity contribution < 1.29 is 42.9 Å². The minimum atomic E-state index is -0.886. The standard InChI is InChI=1S/C39H48N6O9/c1-4-18-53-39(49)45-30-23-33(32(50-3)22-28(30)37(48)44-17-7-5-10-29(44)38(45)54-35-12-6-8-19-52-35)51-20-9-11-34(46)41-27-21-31(43(2)24-27)36(47)42-26-15-13-25(40)14-16-26/h4,13-16,21-24,29,35,38H,1,5-12,17-20,40H2,2-3H3,(H,41,46)(H,42,47)/t29-,35?,38?/m0/s1. The molecule has 4 N–H and O–H groups in total. The lowest BCUT2D eigenvalue weighted by molar-refractivity contribution is -0.198. The van der Waals surface area contributed by atoms with Crippen molar-refractivity contribution in [3.8, 4) is 11.5 Å². The molecule has 288 valence electrons. The minimum Gasteiger partial charge on any atom is -0.493 e. The smallest absolute Gasteiger partial charge is 0.416 e. The molecule has 15 nitrogen and oxygen atoms in total. The highest BCUT2D eigenvalue weighted by molar-refractivity contribution is 6.06. The van der Waals surface area contributed by atoms with E-state index in [1.165, 1.54) is 18.1 Å². The Balaban J connectivity index is 1.16. The van der Waals surface area contributed by atoms with E-state index in [2.05, 4.69) is 17.2 Å². The van der Waals surface area contributed by atoms with Crippen LogP contribution in [-0.2, 0) is 26.1 Å². The maximum atomic E-state index is 14.2. The number of amides is 4. The molecule has 4 heterocycles. The number of nitrogens with one attached hydrogen (secondary N) is 2. The van der Waals surface area contributed by atoms with Gasteiger partial charge in [-0.1, -0.05) is 12.7 Å². The van der Waals surface area contributed by atoms with Crippen LogP contribution >= 0.6 is 0 Å². The van der Waals surface area contributed by atoms with E-state index in [4.69, 9.17) is 29.4 Å². The number of fused-ring (bicyclic) bond motifs is 2.